The van der Waals surface area contributed by atoms with E-state index in [1.165, 1.54) is 28.7 Å². The monoisotopic (exact) mass is 488 g/mol. The Kier molecular flexibility index (Phi) is 5.87. The van der Waals surface area contributed by atoms with E-state index in [4.69, 9.17) is 9.97 Å². The van der Waals surface area contributed by atoms with Crippen molar-refractivity contribution in [3.8, 4) is 5.69 Å². The molecule has 5 rings (SSSR count). The van der Waals surface area contributed by atoms with Crippen LogP contribution in [-0.2, 0) is 6.42 Å². The minimum Gasteiger partial charge on any atom is -0.309 e. The smallest absolute Gasteiger partial charge is 0.266 e. The molecule has 0 bridgehead atoms. The SMILES string of the molecule is CCc1ccc(-n2c(SC(C)c3nc4sc(C)c(C)c4c(=O)[nH]3)nc3ccccc3c2=O)cc1. The van der Waals surface area contributed by atoms with Gasteiger partial charge >= 0.3 is 0 Å². The van der Waals surface area contributed by atoms with Crippen LogP contribution in [0.4, 0.5) is 0 Å². The lowest BCUT2D eigenvalue weighted by Crippen LogP contribution is -2.22. The number of benzene rings is 2. The first-order valence-corrected chi connectivity index (χ1v) is 12.8. The summed E-state index contributed by atoms with van der Waals surface area (Å²) in [6.45, 7) is 8.02. The number of thioether (sulfide) groups is 1. The van der Waals surface area contributed by atoms with Gasteiger partial charge in [0.1, 0.15) is 10.7 Å². The van der Waals surface area contributed by atoms with Crippen LogP contribution in [0.5, 0.6) is 0 Å². The van der Waals surface area contributed by atoms with E-state index in [9.17, 15) is 9.59 Å². The van der Waals surface area contributed by atoms with Crippen molar-refractivity contribution in [1.82, 2.24) is 19.5 Å². The first-order chi connectivity index (χ1) is 16.4. The van der Waals surface area contributed by atoms with Crippen molar-refractivity contribution >= 4 is 44.2 Å². The molecule has 2 aromatic carbocycles. The van der Waals surface area contributed by atoms with E-state index in [1.807, 2.05) is 63.2 Å². The highest BCUT2D eigenvalue weighted by molar-refractivity contribution is 7.99. The maximum Gasteiger partial charge on any atom is 0.266 e. The molecule has 3 aromatic heterocycles. The Morgan fingerprint density at radius 2 is 1.79 bits per heavy atom. The highest BCUT2D eigenvalue weighted by atomic mass is 32.2. The molecule has 0 aliphatic rings. The van der Waals surface area contributed by atoms with Crippen LogP contribution < -0.4 is 11.1 Å². The molecule has 0 amide bonds. The van der Waals surface area contributed by atoms with Gasteiger partial charge in [0, 0.05) is 4.88 Å². The summed E-state index contributed by atoms with van der Waals surface area (Å²) in [5.74, 6) is 0.569. The molecule has 8 heteroatoms. The second-order valence-electron chi connectivity index (χ2n) is 8.25. The van der Waals surface area contributed by atoms with Crippen LogP contribution in [0.3, 0.4) is 0 Å². The fourth-order valence-electron chi connectivity index (χ4n) is 3.98. The van der Waals surface area contributed by atoms with Crippen molar-refractivity contribution in [3.05, 3.63) is 91.1 Å². The number of H-pyrrole nitrogens is 1. The summed E-state index contributed by atoms with van der Waals surface area (Å²) >= 11 is 2.94. The summed E-state index contributed by atoms with van der Waals surface area (Å²) in [5.41, 5.74) is 3.33. The molecule has 0 saturated heterocycles. The van der Waals surface area contributed by atoms with Crippen molar-refractivity contribution in [1.29, 1.82) is 0 Å². The van der Waals surface area contributed by atoms with Crippen LogP contribution in [0.2, 0.25) is 0 Å². The lowest BCUT2D eigenvalue weighted by molar-refractivity contribution is 0.809. The molecule has 0 aliphatic carbocycles. The largest absolute Gasteiger partial charge is 0.309 e. The van der Waals surface area contributed by atoms with Crippen molar-refractivity contribution in [3.63, 3.8) is 0 Å². The number of nitrogens with one attached hydrogen (secondary N) is 1. The summed E-state index contributed by atoms with van der Waals surface area (Å²) in [4.78, 5) is 40.7. The van der Waals surface area contributed by atoms with Crippen LogP contribution in [0.15, 0.2) is 63.3 Å². The molecule has 0 aliphatic heterocycles. The molecular weight excluding hydrogens is 464 g/mol. The van der Waals surface area contributed by atoms with Gasteiger partial charge < -0.3 is 4.98 Å². The van der Waals surface area contributed by atoms with Crippen LogP contribution in [0, 0.1) is 13.8 Å². The molecule has 1 unspecified atom stereocenters. The molecule has 1 atom stereocenters. The number of aromatic amines is 1. The van der Waals surface area contributed by atoms with Gasteiger partial charge in [0.15, 0.2) is 5.16 Å². The zero-order valence-corrected chi connectivity index (χ0v) is 21.0. The van der Waals surface area contributed by atoms with E-state index in [2.05, 4.69) is 11.9 Å². The highest BCUT2D eigenvalue weighted by Gasteiger charge is 2.20. The third-order valence-electron chi connectivity index (χ3n) is 6.07. The lowest BCUT2D eigenvalue weighted by Gasteiger charge is -2.16. The van der Waals surface area contributed by atoms with Gasteiger partial charge in [-0.2, -0.15) is 0 Å². The summed E-state index contributed by atoms with van der Waals surface area (Å²) in [5, 5.41) is 1.55. The van der Waals surface area contributed by atoms with Gasteiger partial charge in [0.2, 0.25) is 0 Å². The minimum atomic E-state index is -0.228. The van der Waals surface area contributed by atoms with E-state index in [0.717, 1.165) is 27.4 Å². The summed E-state index contributed by atoms with van der Waals surface area (Å²) in [7, 11) is 0. The molecule has 5 aromatic rings. The number of aryl methyl sites for hydroxylation is 3. The second kappa shape index (κ2) is 8.85. The molecule has 3 heterocycles. The third kappa shape index (κ3) is 3.86. The molecule has 34 heavy (non-hydrogen) atoms. The number of nitrogens with zero attached hydrogens (tertiary/aromatic N) is 3. The number of rotatable bonds is 5. The van der Waals surface area contributed by atoms with Gasteiger partial charge in [-0.1, -0.05) is 43.0 Å². The maximum absolute atomic E-state index is 13.5. The normalized spacial score (nSPS) is 12.5. The minimum absolute atomic E-state index is 0.119. The molecule has 0 radical (unpaired) electrons. The average Bonchev–Trinajstić information content (AvgIpc) is 3.13. The van der Waals surface area contributed by atoms with Gasteiger partial charge in [-0.15, -0.1) is 11.3 Å². The van der Waals surface area contributed by atoms with E-state index < -0.39 is 0 Å². The summed E-state index contributed by atoms with van der Waals surface area (Å²) in [6.07, 6.45) is 0.924. The highest BCUT2D eigenvalue weighted by Crippen LogP contribution is 2.34. The lowest BCUT2D eigenvalue weighted by atomic mass is 10.1. The topological polar surface area (TPSA) is 80.6 Å². The van der Waals surface area contributed by atoms with Crippen LogP contribution in [-0.4, -0.2) is 19.5 Å². The van der Waals surface area contributed by atoms with E-state index >= 15 is 0 Å². The number of hydrogen-bond donors (Lipinski definition) is 1. The Labute approximate surface area is 204 Å². The quantitative estimate of drug-likeness (QED) is 0.253. The Bertz CT molecular complexity index is 1650. The zero-order valence-electron chi connectivity index (χ0n) is 19.4. The number of fused-ring (bicyclic) bond motifs is 2. The molecule has 1 N–H and O–H groups in total. The number of para-hydroxylation sites is 1. The van der Waals surface area contributed by atoms with Crippen LogP contribution >= 0.6 is 23.1 Å². The first kappa shape index (κ1) is 22.6. The Morgan fingerprint density at radius 1 is 1.06 bits per heavy atom. The van der Waals surface area contributed by atoms with Gasteiger partial charge in [0.25, 0.3) is 11.1 Å². The molecule has 172 valence electrons. The Morgan fingerprint density at radius 3 is 2.53 bits per heavy atom. The van der Waals surface area contributed by atoms with Gasteiger partial charge in [0.05, 0.1) is 27.2 Å². The van der Waals surface area contributed by atoms with Crippen molar-refractivity contribution in [2.45, 2.75) is 44.5 Å². The molecule has 6 nitrogen and oxygen atoms in total. The fourth-order valence-corrected chi connectivity index (χ4v) is 6.00. The summed E-state index contributed by atoms with van der Waals surface area (Å²) < 4.78 is 1.65. The van der Waals surface area contributed by atoms with Gasteiger partial charge in [-0.25, -0.2) is 9.97 Å². The molecule has 0 fully saturated rings. The van der Waals surface area contributed by atoms with E-state index in [1.54, 1.807) is 10.6 Å². The van der Waals surface area contributed by atoms with Crippen LogP contribution in [0.25, 0.3) is 26.8 Å². The van der Waals surface area contributed by atoms with E-state index in [-0.39, 0.29) is 16.4 Å². The molecule has 0 saturated carbocycles. The fraction of sp³-hybridized carbons (Fsp3) is 0.231. The van der Waals surface area contributed by atoms with Gasteiger partial charge in [-0.3, -0.25) is 14.2 Å². The number of aromatic nitrogens is 4. The molecular formula is C26H24N4O2S2. The third-order valence-corrected chi connectivity index (χ3v) is 8.23. The van der Waals surface area contributed by atoms with Crippen molar-refractivity contribution in [2.24, 2.45) is 0 Å². The van der Waals surface area contributed by atoms with Crippen LogP contribution in [0.1, 0.15) is 40.9 Å². The Balaban J connectivity index is 1.63. The predicted octanol–water partition coefficient (Wildman–Crippen LogP) is 5.72. The molecule has 0 spiro atoms. The van der Waals surface area contributed by atoms with E-state index in [0.29, 0.717) is 27.3 Å². The predicted molar refractivity (Wildman–Crippen MR) is 141 cm³/mol. The zero-order chi connectivity index (χ0) is 24.0. The standard InChI is InChI=1S/C26H24N4O2S2/c1-5-17-10-12-18(13-11-17)30-25(32)19-8-6-7-9-20(19)27-26(30)34-16(4)22-28-23(31)21-14(2)15(3)33-24(21)29-22/h6-13,16H,5H2,1-4H3,(H,28,29,31). The number of hydrogen-bond acceptors (Lipinski definition) is 6. The first-order valence-electron chi connectivity index (χ1n) is 11.1. The van der Waals surface area contributed by atoms with Crippen molar-refractivity contribution in [2.75, 3.05) is 0 Å². The average molecular weight is 489 g/mol. The Hall–Kier alpha value is -3.23. The maximum atomic E-state index is 13.5. The summed E-state index contributed by atoms with van der Waals surface area (Å²) in [6, 6.07) is 15.3. The van der Waals surface area contributed by atoms with Gasteiger partial charge in [-0.05, 0) is 62.6 Å². The second-order valence-corrected chi connectivity index (χ2v) is 10.8. The van der Waals surface area contributed by atoms with Crippen molar-refractivity contribution < 1.29 is 0 Å². The number of thiophene rings is 1.